The van der Waals surface area contributed by atoms with E-state index in [9.17, 15) is 4.79 Å². The van der Waals surface area contributed by atoms with E-state index in [0.29, 0.717) is 5.78 Å². The van der Waals surface area contributed by atoms with Gasteiger partial charge in [-0.1, -0.05) is 18.2 Å². The third-order valence-electron chi connectivity index (χ3n) is 2.82. The van der Waals surface area contributed by atoms with E-state index in [2.05, 4.69) is 18.4 Å². The van der Waals surface area contributed by atoms with Crippen LogP contribution in [0.2, 0.25) is 0 Å². The molecule has 1 fully saturated rings. The Hall–Kier alpha value is -0.760. The van der Waals surface area contributed by atoms with Gasteiger partial charge < -0.3 is 0 Å². The zero-order valence-electron chi connectivity index (χ0n) is 8.32. The Kier molecular flexibility index (Phi) is 2.92. The highest BCUT2D eigenvalue weighted by Crippen LogP contribution is 2.35. The maximum atomic E-state index is 11.6. The van der Waals surface area contributed by atoms with E-state index in [1.807, 2.05) is 12.1 Å². The second-order valence-electron chi connectivity index (χ2n) is 3.65. The smallest absolute Gasteiger partial charge is 0.140 e. The van der Waals surface area contributed by atoms with Gasteiger partial charge in [-0.15, -0.1) is 11.8 Å². The molecule has 74 valence electrons. The first kappa shape index (κ1) is 9.78. The molecule has 14 heavy (non-hydrogen) atoms. The summed E-state index contributed by atoms with van der Waals surface area (Å²) in [5.74, 6) is 0.602. The quantitative estimate of drug-likeness (QED) is 0.691. The van der Waals surface area contributed by atoms with E-state index in [1.54, 1.807) is 11.8 Å². The van der Waals surface area contributed by atoms with E-state index in [0.717, 1.165) is 19.3 Å². The summed E-state index contributed by atoms with van der Waals surface area (Å²) in [6, 6.07) is 8.26. The van der Waals surface area contributed by atoms with Crippen molar-refractivity contribution < 1.29 is 4.79 Å². The molecule has 0 spiro atoms. The summed E-state index contributed by atoms with van der Waals surface area (Å²) in [4.78, 5) is 12.9. The van der Waals surface area contributed by atoms with Crippen molar-refractivity contribution in [2.45, 2.75) is 30.1 Å². The first-order valence-electron chi connectivity index (χ1n) is 4.98. The van der Waals surface area contributed by atoms with Crippen LogP contribution in [0.5, 0.6) is 0 Å². The molecule has 0 aromatic heterocycles. The molecule has 1 unspecified atom stereocenters. The molecule has 1 aliphatic carbocycles. The number of rotatable bonds is 2. The van der Waals surface area contributed by atoms with Crippen LogP contribution in [0.15, 0.2) is 29.2 Å². The van der Waals surface area contributed by atoms with Crippen LogP contribution in [0.25, 0.3) is 0 Å². The van der Waals surface area contributed by atoms with Gasteiger partial charge in [0, 0.05) is 17.2 Å². The van der Waals surface area contributed by atoms with E-state index in [-0.39, 0.29) is 5.92 Å². The third-order valence-corrected chi connectivity index (χ3v) is 3.63. The summed E-state index contributed by atoms with van der Waals surface area (Å²) in [5, 5.41) is 0. The summed E-state index contributed by atoms with van der Waals surface area (Å²) in [7, 11) is 0. The lowest BCUT2D eigenvalue weighted by atomic mass is 9.97. The zero-order valence-corrected chi connectivity index (χ0v) is 9.14. The van der Waals surface area contributed by atoms with Gasteiger partial charge >= 0.3 is 0 Å². The second-order valence-corrected chi connectivity index (χ2v) is 4.50. The third kappa shape index (κ3) is 1.71. The van der Waals surface area contributed by atoms with Gasteiger partial charge in [0.15, 0.2) is 0 Å². The summed E-state index contributed by atoms with van der Waals surface area (Å²) in [5.41, 5.74) is 1.24. The van der Waals surface area contributed by atoms with Crippen LogP contribution in [-0.4, -0.2) is 12.0 Å². The predicted octanol–water partition coefficient (Wildman–Crippen LogP) is 3.25. The molecule has 1 nitrogen and oxygen atoms in total. The van der Waals surface area contributed by atoms with Gasteiger partial charge in [0.25, 0.3) is 0 Å². The molecule has 2 heteroatoms. The summed E-state index contributed by atoms with van der Waals surface area (Å²) >= 11 is 1.73. The summed E-state index contributed by atoms with van der Waals surface area (Å²) in [6.45, 7) is 0. The molecule has 1 aromatic rings. The van der Waals surface area contributed by atoms with Crippen LogP contribution in [0, 0.1) is 0 Å². The summed E-state index contributed by atoms with van der Waals surface area (Å²) < 4.78 is 0. The minimum atomic E-state index is 0.179. The van der Waals surface area contributed by atoms with Crippen molar-refractivity contribution in [1.29, 1.82) is 0 Å². The van der Waals surface area contributed by atoms with Gasteiger partial charge in [0.2, 0.25) is 0 Å². The summed E-state index contributed by atoms with van der Waals surface area (Å²) in [6.07, 6.45) is 4.94. The highest BCUT2D eigenvalue weighted by molar-refractivity contribution is 7.98. The van der Waals surface area contributed by atoms with Crippen molar-refractivity contribution >= 4 is 17.5 Å². The van der Waals surface area contributed by atoms with Crippen LogP contribution in [0.4, 0.5) is 0 Å². The van der Waals surface area contributed by atoms with E-state index >= 15 is 0 Å². The van der Waals surface area contributed by atoms with Gasteiger partial charge in [-0.05, 0) is 30.7 Å². The van der Waals surface area contributed by atoms with Crippen LogP contribution < -0.4 is 0 Å². The molecule has 1 saturated carbocycles. The Morgan fingerprint density at radius 3 is 2.79 bits per heavy atom. The van der Waals surface area contributed by atoms with Crippen molar-refractivity contribution in [3.63, 3.8) is 0 Å². The fraction of sp³-hybridized carbons (Fsp3) is 0.417. The second kappa shape index (κ2) is 4.18. The minimum absolute atomic E-state index is 0.179. The fourth-order valence-corrected chi connectivity index (χ4v) is 2.76. The molecule has 0 bridgehead atoms. The number of hydrogen-bond donors (Lipinski definition) is 0. The maximum absolute atomic E-state index is 11.6. The Balaban J connectivity index is 2.35. The number of Topliss-reactive ketones (excluding diaryl/α,β-unsaturated/α-hetero) is 1. The van der Waals surface area contributed by atoms with Crippen molar-refractivity contribution in [3.05, 3.63) is 29.8 Å². The SMILES string of the molecule is CSc1ccccc1C1CCCC1=O. The highest BCUT2D eigenvalue weighted by Gasteiger charge is 2.27. The lowest BCUT2D eigenvalue weighted by Gasteiger charge is -2.12. The van der Waals surface area contributed by atoms with Crippen molar-refractivity contribution in [1.82, 2.24) is 0 Å². The van der Waals surface area contributed by atoms with Crippen molar-refractivity contribution in [2.24, 2.45) is 0 Å². The van der Waals surface area contributed by atoms with E-state index < -0.39 is 0 Å². The molecule has 0 amide bonds. The van der Waals surface area contributed by atoms with E-state index in [4.69, 9.17) is 0 Å². The number of ketones is 1. The number of carbonyl (C=O) groups excluding carboxylic acids is 1. The molecular formula is C12H14OS. The van der Waals surface area contributed by atoms with Crippen LogP contribution in [0.3, 0.4) is 0 Å². The number of carbonyl (C=O) groups is 1. The molecule has 0 aliphatic heterocycles. The molecule has 0 heterocycles. The van der Waals surface area contributed by atoms with Crippen LogP contribution in [0.1, 0.15) is 30.7 Å². The van der Waals surface area contributed by atoms with Gasteiger partial charge in [0.1, 0.15) is 5.78 Å². The molecule has 2 rings (SSSR count). The Bertz CT molecular complexity index is 346. The standard InChI is InChI=1S/C12H14OS/c1-14-12-8-3-2-5-10(12)9-6-4-7-11(9)13/h2-3,5,8-9H,4,6-7H2,1H3. The molecule has 1 aromatic carbocycles. The predicted molar refractivity (Wildman–Crippen MR) is 59.8 cm³/mol. The van der Waals surface area contributed by atoms with Crippen molar-refractivity contribution in [3.8, 4) is 0 Å². The topological polar surface area (TPSA) is 17.1 Å². The molecule has 0 radical (unpaired) electrons. The molecule has 0 saturated heterocycles. The number of thioether (sulfide) groups is 1. The van der Waals surface area contributed by atoms with Gasteiger partial charge in [-0.3, -0.25) is 4.79 Å². The molecule has 0 N–H and O–H groups in total. The van der Waals surface area contributed by atoms with Crippen molar-refractivity contribution in [2.75, 3.05) is 6.26 Å². The Morgan fingerprint density at radius 1 is 1.36 bits per heavy atom. The van der Waals surface area contributed by atoms with Crippen LogP contribution in [-0.2, 0) is 4.79 Å². The first-order chi connectivity index (χ1) is 6.83. The normalized spacial score (nSPS) is 21.5. The van der Waals surface area contributed by atoms with E-state index in [1.165, 1.54) is 10.5 Å². The highest BCUT2D eigenvalue weighted by atomic mass is 32.2. The average Bonchev–Trinajstić information content (AvgIpc) is 2.64. The Morgan fingerprint density at radius 2 is 2.14 bits per heavy atom. The van der Waals surface area contributed by atoms with Gasteiger partial charge in [-0.2, -0.15) is 0 Å². The molecular weight excluding hydrogens is 192 g/mol. The number of hydrogen-bond acceptors (Lipinski definition) is 2. The Labute approximate surface area is 88.9 Å². The zero-order chi connectivity index (χ0) is 9.97. The van der Waals surface area contributed by atoms with Gasteiger partial charge in [0.05, 0.1) is 0 Å². The lowest BCUT2D eigenvalue weighted by Crippen LogP contribution is -2.05. The van der Waals surface area contributed by atoms with Crippen LogP contribution >= 0.6 is 11.8 Å². The molecule has 1 aliphatic rings. The first-order valence-corrected chi connectivity index (χ1v) is 6.21. The largest absolute Gasteiger partial charge is 0.299 e. The number of benzene rings is 1. The lowest BCUT2D eigenvalue weighted by molar-refractivity contribution is -0.118. The monoisotopic (exact) mass is 206 g/mol. The van der Waals surface area contributed by atoms with Gasteiger partial charge in [-0.25, -0.2) is 0 Å². The molecule has 1 atom stereocenters. The fourth-order valence-electron chi connectivity index (χ4n) is 2.10. The maximum Gasteiger partial charge on any atom is 0.140 e. The minimum Gasteiger partial charge on any atom is -0.299 e. The average molecular weight is 206 g/mol.